The van der Waals surface area contributed by atoms with E-state index < -0.39 is 0 Å². The molecule has 0 fully saturated rings. The fourth-order valence-electron chi connectivity index (χ4n) is 1.72. The minimum absolute atomic E-state index is 0.0188. The average Bonchev–Trinajstić information content (AvgIpc) is 2.91. The molecule has 0 aliphatic carbocycles. The van der Waals surface area contributed by atoms with Crippen LogP contribution in [0.3, 0.4) is 0 Å². The molecule has 0 saturated carbocycles. The summed E-state index contributed by atoms with van der Waals surface area (Å²) in [6.07, 6.45) is 0. The Bertz CT molecular complexity index is 754. The van der Waals surface area contributed by atoms with E-state index >= 15 is 0 Å². The zero-order chi connectivity index (χ0) is 13.2. The van der Waals surface area contributed by atoms with Crippen molar-refractivity contribution >= 4 is 34.0 Å². The van der Waals surface area contributed by atoms with Crippen LogP contribution in [0.1, 0.15) is 18.0 Å². The van der Waals surface area contributed by atoms with Crippen molar-refractivity contribution in [3.05, 3.63) is 46.0 Å². The Hall–Kier alpha value is -1.73. The van der Waals surface area contributed by atoms with Gasteiger partial charge in [-0.2, -0.15) is 0 Å². The fourth-order valence-corrected chi connectivity index (χ4v) is 3.40. The number of H-pyrrole nitrogens is 1. The van der Waals surface area contributed by atoms with E-state index in [4.69, 9.17) is 0 Å². The second-order valence-corrected chi connectivity index (χ2v) is 6.35. The Morgan fingerprint density at radius 3 is 3.00 bits per heavy atom. The first-order valence-corrected chi connectivity index (χ1v) is 7.42. The molecule has 19 heavy (non-hydrogen) atoms. The summed E-state index contributed by atoms with van der Waals surface area (Å²) in [5.74, 6) is 0.656. The highest BCUT2D eigenvalue weighted by Crippen LogP contribution is 2.33. The first-order valence-electron chi connectivity index (χ1n) is 5.66. The van der Waals surface area contributed by atoms with E-state index in [0.29, 0.717) is 16.7 Å². The van der Waals surface area contributed by atoms with Gasteiger partial charge in [-0.05, 0) is 19.1 Å². The van der Waals surface area contributed by atoms with Crippen molar-refractivity contribution in [2.75, 3.05) is 0 Å². The summed E-state index contributed by atoms with van der Waals surface area (Å²) in [4.78, 5) is 19.3. The molecule has 0 spiro atoms. The lowest BCUT2D eigenvalue weighted by molar-refractivity contribution is 0.916. The molecule has 96 valence electrons. The molecule has 0 aliphatic rings. The molecule has 0 amide bonds. The number of hydrogen-bond donors (Lipinski definition) is 1. The molecule has 0 aliphatic heterocycles. The van der Waals surface area contributed by atoms with Gasteiger partial charge in [0.2, 0.25) is 0 Å². The minimum Gasteiger partial charge on any atom is -0.309 e. The number of hydrogen-bond acceptors (Lipinski definition) is 6. The molecular weight excluding hydrogens is 280 g/mol. The van der Waals surface area contributed by atoms with Gasteiger partial charge in [0.05, 0.1) is 16.2 Å². The van der Waals surface area contributed by atoms with Crippen LogP contribution in [0.4, 0.5) is 0 Å². The maximum absolute atomic E-state index is 12.0. The molecule has 0 unspecified atom stereocenters. The highest BCUT2D eigenvalue weighted by molar-refractivity contribution is 8.01. The molecule has 1 aromatic carbocycles. The quantitative estimate of drug-likeness (QED) is 0.751. The molecule has 5 nitrogen and oxygen atoms in total. The number of para-hydroxylation sites is 1. The van der Waals surface area contributed by atoms with E-state index in [1.54, 1.807) is 11.6 Å². The first kappa shape index (κ1) is 12.3. The third-order valence-corrected chi connectivity index (χ3v) is 4.55. The second kappa shape index (κ2) is 5.10. The fraction of sp³-hybridized carbons (Fsp3) is 0.167. The summed E-state index contributed by atoms with van der Waals surface area (Å²) in [6, 6.07) is 7.32. The van der Waals surface area contributed by atoms with E-state index in [1.807, 2.05) is 25.1 Å². The Balaban J connectivity index is 1.98. The zero-order valence-electron chi connectivity index (χ0n) is 10.0. The second-order valence-electron chi connectivity index (χ2n) is 3.93. The number of rotatable bonds is 3. The van der Waals surface area contributed by atoms with Gasteiger partial charge in [0.1, 0.15) is 11.3 Å². The Morgan fingerprint density at radius 1 is 1.37 bits per heavy atom. The standard InChI is InChI=1S/C12H10N4OS2/c1-7(19-12-16-13-6-18-12)10-14-9-5-3-2-4-8(9)11(17)15-10/h2-7H,1H3,(H,14,15,17)/t7-/m0/s1. The number of nitrogens with zero attached hydrogens (tertiary/aromatic N) is 3. The molecule has 2 aromatic heterocycles. The van der Waals surface area contributed by atoms with Crippen molar-refractivity contribution in [1.82, 2.24) is 20.2 Å². The van der Waals surface area contributed by atoms with Gasteiger partial charge in [0.15, 0.2) is 4.34 Å². The molecule has 3 aromatic rings. The summed E-state index contributed by atoms with van der Waals surface area (Å²) in [5, 5.41) is 8.40. The van der Waals surface area contributed by atoms with Crippen molar-refractivity contribution in [3.63, 3.8) is 0 Å². The molecular formula is C12H10N4OS2. The van der Waals surface area contributed by atoms with E-state index in [-0.39, 0.29) is 10.8 Å². The van der Waals surface area contributed by atoms with E-state index in [9.17, 15) is 4.79 Å². The summed E-state index contributed by atoms with van der Waals surface area (Å²) >= 11 is 3.01. The lowest BCUT2D eigenvalue weighted by atomic mass is 10.2. The number of nitrogens with one attached hydrogen (secondary N) is 1. The minimum atomic E-state index is -0.106. The number of aromatic nitrogens is 4. The third kappa shape index (κ3) is 2.52. The Morgan fingerprint density at radius 2 is 2.21 bits per heavy atom. The van der Waals surface area contributed by atoms with Crippen molar-refractivity contribution < 1.29 is 0 Å². The summed E-state index contributed by atoms with van der Waals surface area (Å²) in [5.41, 5.74) is 2.29. The number of benzene rings is 1. The Labute approximate surface area is 117 Å². The van der Waals surface area contributed by atoms with Crippen LogP contribution in [-0.4, -0.2) is 20.2 Å². The summed E-state index contributed by atoms with van der Waals surface area (Å²) in [7, 11) is 0. The van der Waals surface area contributed by atoms with E-state index in [2.05, 4.69) is 20.2 Å². The molecule has 3 rings (SSSR count). The monoisotopic (exact) mass is 290 g/mol. The summed E-state index contributed by atoms with van der Waals surface area (Å²) < 4.78 is 0.864. The maximum Gasteiger partial charge on any atom is 0.258 e. The smallest absolute Gasteiger partial charge is 0.258 e. The molecule has 2 heterocycles. The van der Waals surface area contributed by atoms with Crippen LogP contribution in [0.2, 0.25) is 0 Å². The van der Waals surface area contributed by atoms with Crippen LogP contribution in [0.5, 0.6) is 0 Å². The van der Waals surface area contributed by atoms with Crippen LogP contribution in [0.15, 0.2) is 38.9 Å². The highest BCUT2D eigenvalue weighted by atomic mass is 32.2. The lowest BCUT2D eigenvalue weighted by Crippen LogP contribution is -2.12. The molecule has 7 heteroatoms. The lowest BCUT2D eigenvalue weighted by Gasteiger charge is -2.08. The van der Waals surface area contributed by atoms with Gasteiger partial charge in [0.25, 0.3) is 5.56 Å². The van der Waals surface area contributed by atoms with Gasteiger partial charge in [-0.1, -0.05) is 35.2 Å². The van der Waals surface area contributed by atoms with Crippen molar-refractivity contribution in [2.45, 2.75) is 16.5 Å². The van der Waals surface area contributed by atoms with Gasteiger partial charge in [0, 0.05) is 0 Å². The molecule has 1 atom stereocenters. The molecule has 0 saturated heterocycles. The van der Waals surface area contributed by atoms with Gasteiger partial charge in [-0.3, -0.25) is 4.79 Å². The van der Waals surface area contributed by atoms with Crippen LogP contribution in [0.25, 0.3) is 10.9 Å². The number of fused-ring (bicyclic) bond motifs is 1. The maximum atomic E-state index is 12.0. The normalized spacial score (nSPS) is 12.7. The first-order chi connectivity index (χ1) is 9.24. The Kier molecular flexibility index (Phi) is 3.31. The average molecular weight is 290 g/mol. The van der Waals surface area contributed by atoms with Crippen molar-refractivity contribution in [1.29, 1.82) is 0 Å². The van der Waals surface area contributed by atoms with Crippen LogP contribution in [-0.2, 0) is 0 Å². The predicted molar refractivity (Wildman–Crippen MR) is 76.5 cm³/mol. The highest BCUT2D eigenvalue weighted by Gasteiger charge is 2.13. The largest absolute Gasteiger partial charge is 0.309 e. The van der Waals surface area contributed by atoms with Crippen molar-refractivity contribution in [3.8, 4) is 0 Å². The number of aromatic amines is 1. The van der Waals surface area contributed by atoms with E-state index in [0.717, 1.165) is 4.34 Å². The molecule has 1 N–H and O–H groups in total. The predicted octanol–water partition coefficient (Wildman–Crippen LogP) is 2.63. The SMILES string of the molecule is C[C@H](Sc1nncs1)c1nc2ccccc2c(=O)[nH]1. The van der Waals surface area contributed by atoms with Crippen LogP contribution < -0.4 is 5.56 Å². The van der Waals surface area contributed by atoms with Gasteiger partial charge in [-0.25, -0.2) is 4.98 Å². The van der Waals surface area contributed by atoms with Crippen LogP contribution >= 0.6 is 23.1 Å². The van der Waals surface area contributed by atoms with Crippen molar-refractivity contribution in [2.24, 2.45) is 0 Å². The van der Waals surface area contributed by atoms with Gasteiger partial charge < -0.3 is 4.98 Å². The van der Waals surface area contributed by atoms with Gasteiger partial charge in [-0.15, -0.1) is 10.2 Å². The van der Waals surface area contributed by atoms with Gasteiger partial charge >= 0.3 is 0 Å². The summed E-state index contributed by atoms with van der Waals surface area (Å²) in [6.45, 7) is 1.99. The third-order valence-electron chi connectivity index (χ3n) is 2.63. The molecule has 0 bridgehead atoms. The number of thioether (sulfide) groups is 1. The molecule has 0 radical (unpaired) electrons. The van der Waals surface area contributed by atoms with E-state index in [1.165, 1.54) is 23.1 Å². The van der Waals surface area contributed by atoms with Crippen LogP contribution in [0, 0.1) is 0 Å². The zero-order valence-corrected chi connectivity index (χ0v) is 11.7. The topological polar surface area (TPSA) is 71.5 Å².